The molecular weight excluding hydrogens is 615 g/mol. The molecule has 7 aromatic rings. The van der Waals surface area contributed by atoms with Crippen LogP contribution in [0, 0.1) is 17.2 Å². The summed E-state index contributed by atoms with van der Waals surface area (Å²) in [5, 5.41) is 19.0. The highest BCUT2D eigenvalue weighted by molar-refractivity contribution is 6.27. The lowest BCUT2D eigenvalue weighted by Gasteiger charge is -2.31. The Morgan fingerprint density at radius 3 is 1.92 bits per heavy atom. The highest BCUT2D eigenvalue weighted by Crippen LogP contribution is 2.41. The molecule has 0 aliphatic heterocycles. The minimum atomic E-state index is 0.447. The molecule has 0 spiro atoms. The molecule has 7 aromatic carbocycles. The van der Waals surface area contributed by atoms with Gasteiger partial charge in [0.15, 0.2) is 0 Å². The van der Waals surface area contributed by atoms with Gasteiger partial charge >= 0.3 is 0 Å². The third-order valence-electron chi connectivity index (χ3n) is 11.2. The van der Waals surface area contributed by atoms with Crippen LogP contribution in [0.4, 0.5) is 0 Å². The summed E-state index contributed by atoms with van der Waals surface area (Å²) in [6.45, 7) is 8.41. The van der Waals surface area contributed by atoms with Crippen LogP contribution in [0.25, 0.3) is 65.3 Å². The predicted molar refractivity (Wildman–Crippen MR) is 222 cm³/mol. The smallest absolute Gasteiger partial charge is 0.0609 e. The Balaban J connectivity index is 1.18. The van der Waals surface area contributed by atoms with E-state index in [4.69, 9.17) is 5.41 Å². The van der Waals surface area contributed by atoms with Gasteiger partial charge in [0.1, 0.15) is 0 Å². The van der Waals surface area contributed by atoms with E-state index >= 15 is 0 Å². The molecule has 1 N–H and O–H groups in total. The van der Waals surface area contributed by atoms with Gasteiger partial charge in [0.2, 0.25) is 0 Å². The number of hydrogen-bond acceptors (Lipinski definition) is 1. The molecule has 0 saturated heterocycles. The molecule has 0 heterocycles. The molecule has 1 heteroatoms. The number of benzene rings is 7. The molecule has 8 rings (SSSR count). The number of hydrogen-bond donors (Lipinski definition) is 1. The first-order valence-corrected chi connectivity index (χ1v) is 18.3. The second kappa shape index (κ2) is 13.8. The summed E-state index contributed by atoms with van der Waals surface area (Å²) in [5.41, 5.74) is 9.39. The molecule has 1 nitrogen and oxygen atoms in total. The molecule has 248 valence electrons. The molecule has 0 radical (unpaired) electrons. The van der Waals surface area contributed by atoms with Crippen molar-refractivity contribution in [3.63, 3.8) is 0 Å². The van der Waals surface area contributed by atoms with E-state index in [9.17, 15) is 0 Å². The Hall–Kier alpha value is -5.79. The molecule has 2 unspecified atom stereocenters. The lowest BCUT2D eigenvalue weighted by atomic mass is 9.74. The second-order valence-electron chi connectivity index (χ2n) is 13.9. The van der Waals surface area contributed by atoms with Gasteiger partial charge in [-0.25, -0.2) is 0 Å². The molecule has 2 atom stereocenters. The summed E-state index contributed by atoms with van der Waals surface area (Å²) >= 11 is 0. The maximum Gasteiger partial charge on any atom is 0.0609 e. The molecule has 51 heavy (non-hydrogen) atoms. The summed E-state index contributed by atoms with van der Waals surface area (Å²) in [5.74, 6) is 0.950. The summed E-state index contributed by atoms with van der Waals surface area (Å²) < 4.78 is 0. The average Bonchev–Trinajstić information content (AvgIpc) is 3.19. The topological polar surface area (TPSA) is 23.9 Å². The van der Waals surface area contributed by atoms with Crippen LogP contribution in [0.1, 0.15) is 38.7 Å². The first-order chi connectivity index (χ1) is 25.1. The van der Waals surface area contributed by atoms with E-state index in [-0.39, 0.29) is 0 Å². The van der Waals surface area contributed by atoms with Gasteiger partial charge in [-0.15, -0.1) is 0 Å². The van der Waals surface area contributed by atoms with E-state index in [1.54, 1.807) is 0 Å². The highest BCUT2D eigenvalue weighted by Gasteiger charge is 2.25. The third kappa shape index (κ3) is 5.93. The van der Waals surface area contributed by atoms with E-state index in [2.05, 4.69) is 172 Å². The van der Waals surface area contributed by atoms with Crippen molar-refractivity contribution in [1.82, 2.24) is 0 Å². The van der Waals surface area contributed by atoms with Crippen LogP contribution in [0.15, 0.2) is 175 Å². The third-order valence-corrected chi connectivity index (χ3v) is 11.2. The van der Waals surface area contributed by atoms with Gasteiger partial charge in [0, 0.05) is 5.56 Å². The zero-order valence-corrected chi connectivity index (χ0v) is 29.5. The fourth-order valence-corrected chi connectivity index (χ4v) is 8.55. The first kappa shape index (κ1) is 32.4. The standard InChI is InChI=1S/C50H43N/c1-4-6-14-34-21-22-36(39(5-2)33(34)3)25-30-50(51)38-24-27-47-46-26-23-37(31-48(46)44-19-12-13-20-45(44)49(47)32-38)41-29-28-40(35-15-8-7-9-16-35)42-17-10-11-18-43(41)42/h4,6-20,23-32,36,39,51H,1,5,21-22H2,2-3H3/b14-6-,30-25-,51-50?. The van der Waals surface area contributed by atoms with Crippen molar-refractivity contribution in [3.8, 4) is 22.3 Å². The molecule has 0 amide bonds. The van der Waals surface area contributed by atoms with Gasteiger partial charge in [-0.3, -0.25) is 0 Å². The normalized spacial score (nSPS) is 16.7. The quantitative estimate of drug-likeness (QED) is 0.0955. The Bertz CT molecular complexity index is 2540. The maximum atomic E-state index is 9.14. The van der Waals surface area contributed by atoms with Crippen molar-refractivity contribution in [2.75, 3.05) is 0 Å². The lowest BCUT2D eigenvalue weighted by Crippen LogP contribution is -2.19. The van der Waals surface area contributed by atoms with Gasteiger partial charge in [-0.2, -0.15) is 0 Å². The van der Waals surface area contributed by atoms with Crippen molar-refractivity contribution in [3.05, 3.63) is 181 Å². The number of allylic oxidation sites excluding steroid dienone is 7. The Morgan fingerprint density at radius 1 is 0.667 bits per heavy atom. The lowest BCUT2D eigenvalue weighted by molar-refractivity contribution is 0.390. The van der Waals surface area contributed by atoms with Crippen LogP contribution < -0.4 is 0 Å². The Labute approximate surface area is 301 Å². The number of rotatable bonds is 8. The summed E-state index contributed by atoms with van der Waals surface area (Å²) in [7, 11) is 0. The Kier molecular flexibility index (Phi) is 8.80. The monoisotopic (exact) mass is 657 g/mol. The Morgan fingerprint density at radius 2 is 1.25 bits per heavy atom. The predicted octanol–water partition coefficient (Wildman–Crippen LogP) is 14.1. The van der Waals surface area contributed by atoms with Crippen LogP contribution in [0.3, 0.4) is 0 Å². The van der Waals surface area contributed by atoms with E-state index < -0.39 is 0 Å². The van der Waals surface area contributed by atoms with Crippen molar-refractivity contribution in [1.29, 1.82) is 5.41 Å². The van der Waals surface area contributed by atoms with E-state index in [0.29, 0.717) is 17.5 Å². The molecular formula is C50H43N. The van der Waals surface area contributed by atoms with Gasteiger partial charge in [0.25, 0.3) is 0 Å². The van der Waals surface area contributed by atoms with E-state index in [0.717, 1.165) is 24.8 Å². The van der Waals surface area contributed by atoms with Gasteiger partial charge in [0.05, 0.1) is 5.71 Å². The summed E-state index contributed by atoms with van der Waals surface area (Å²) in [6.07, 6.45) is 13.8. The van der Waals surface area contributed by atoms with Gasteiger partial charge in [-0.1, -0.05) is 159 Å². The zero-order chi connectivity index (χ0) is 34.9. The zero-order valence-electron chi connectivity index (χ0n) is 29.5. The summed E-state index contributed by atoms with van der Waals surface area (Å²) in [4.78, 5) is 0. The second-order valence-corrected chi connectivity index (χ2v) is 13.9. The minimum Gasteiger partial charge on any atom is -0.300 e. The maximum absolute atomic E-state index is 9.14. The molecule has 0 bridgehead atoms. The van der Waals surface area contributed by atoms with Gasteiger partial charge < -0.3 is 5.41 Å². The largest absolute Gasteiger partial charge is 0.300 e. The van der Waals surface area contributed by atoms with Crippen molar-refractivity contribution < 1.29 is 0 Å². The molecule has 1 aliphatic carbocycles. The average molecular weight is 658 g/mol. The van der Waals surface area contributed by atoms with Crippen LogP contribution in [0.2, 0.25) is 0 Å². The van der Waals surface area contributed by atoms with Crippen LogP contribution in [0.5, 0.6) is 0 Å². The van der Waals surface area contributed by atoms with Crippen LogP contribution in [-0.2, 0) is 0 Å². The fraction of sp³-hybridized carbons (Fsp3) is 0.140. The first-order valence-electron chi connectivity index (χ1n) is 18.3. The van der Waals surface area contributed by atoms with Gasteiger partial charge in [-0.05, 0) is 127 Å². The fourth-order valence-electron chi connectivity index (χ4n) is 8.55. The summed E-state index contributed by atoms with van der Waals surface area (Å²) in [6, 6.07) is 46.3. The van der Waals surface area contributed by atoms with Crippen LogP contribution in [-0.4, -0.2) is 5.71 Å². The van der Waals surface area contributed by atoms with Crippen molar-refractivity contribution in [2.45, 2.75) is 33.1 Å². The van der Waals surface area contributed by atoms with Crippen molar-refractivity contribution >= 4 is 48.8 Å². The van der Waals surface area contributed by atoms with Crippen molar-refractivity contribution in [2.24, 2.45) is 11.8 Å². The molecule has 0 fully saturated rings. The minimum absolute atomic E-state index is 0.447. The van der Waals surface area contributed by atoms with Crippen LogP contribution >= 0.6 is 0 Å². The van der Waals surface area contributed by atoms with E-state index in [1.165, 1.54) is 76.5 Å². The SMILES string of the molecule is C=C/C=C\C1=C(C)C(CC)C(/C=C\C(=N)c2ccc3c4ccc(-c5ccc(-c6ccccc6)c6ccccc56)cc4c4ccccc4c3c2)CC1. The number of nitrogens with one attached hydrogen (secondary N) is 1. The molecule has 0 aromatic heterocycles. The van der Waals surface area contributed by atoms with E-state index in [1.807, 2.05) is 6.08 Å². The highest BCUT2D eigenvalue weighted by atomic mass is 14.4. The molecule has 0 saturated carbocycles. The number of fused-ring (bicyclic) bond motifs is 7. The molecule has 1 aliphatic rings.